The second-order valence-electron chi connectivity index (χ2n) is 9.57. The first-order valence-electron chi connectivity index (χ1n) is 12.1. The van der Waals surface area contributed by atoms with E-state index in [4.69, 9.17) is 0 Å². The lowest BCUT2D eigenvalue weighted by molar-refractivity contribution is 0.141. The van der Waals surface area contributed by atoms with Gasteiger partial charge in [-0.15, -0.1) is 0 Å². The summed E-state index contributed by atoms with van der Waals surface area (Å²) in [6.07, 6.45) is 5.31. The van der Waals surface area contributed by atoms with E-state index in [0.717, 1.165) is 41.5 Å². The molecule has 5 rings (SSSR count). The molecule has 0 saturated carbocycles. The summed E-state index contributed by atoms with van der Waals surface area (Å²) in [5.41, 5.74) is 6.61. The molecular formula is C29H32N2O2S. The highest BCUT2D eigenvalue weighted by Crippen LogP contribution is 2.36. The van der Waals surface area contributed by atoms with Gasteiger partial charge in [0.05, 0.1) is 10.4 Å². The number of fused-ring (bicyclic) bond motifs is 1. The highest BCUT2D eigenvalue weighted by atomic mass is 32.2. The van der Waals surface area contributed by atoms with Crippen molar-refractivity contribution in [3.63, 3.8) is 0 Å². The topological polar surface area (TPSA) is 42.3 Å². The van der Waals surface area contributed by atoms with Crippen LogP contribution >= 0.6 is 0 Å². The summed E-state index contributed by atoms with van der Waals surface area (Å²) in [7, 11) is -3.67. The Hall–Kier alpha value is -2.89. The SMILES string of the molecule is Cc1ccc(S(=O)(=O)n2ccc3c(CN4CCCCC4c4ccccc4)c(C)cc(C)c32)cc1. The van der Waals surface area contributed by atoms with Gasteiger partial charge in [-0.3, -0.25) is 4.90 Å². The van der Waals surface area contributed by atoms with E-state index in [-0.39, 0.29) is 0 Å². The van der Waals surface area contributed by atoms with Crippen LogP contribution in [0.3, 0.4) is 0 Å². The lowest BCUT2D eigenvalue weighted by atomic mass is 9.93. The third-order valence-electron chi connectivity index (χ3n) is 7.20. The van der Waals surface area contributed by atoms with E-state index in [0.29, 0.717) is 10.9 Å². The maximum Gasteiger partial charge on any atom is 0.268 e. The molecule has 2 heterocycles. The fourth-order valence-corrected chi connectivity index (χ4v) is 6.82. The van der Waals surface area contributed by atoms with Crippen molar-refractivity contribution in [2.24, 2.45) is 0 Å². The van der Waals surface area contributed by atoms with Crippen molar-refractivity contribution in [3.05, 3.63) is 101 Å². The number of hydrogen-bond acceptors (Lipinski definition) is 3. The first kappa shape index (κ1) is 22.9. The van der Waals surface area contributed by atoms with Crippen molar-refractivity contribution in [2.75, 3.05) is 6.54 Å². The van der Waals surface area contributed by atoms with Gasteiger partial charge in [-0.05, 0) is 80.6 Å². The van der Waals surface area contributed by atoms with Gasteiger partial charge in [0.25, 0.3) is 10.0 Å². The molecule has 1 saturated heterocycles. The van der Waals surface area contributed by atoms with Gasteiger partial charge in [-0.2, -0.15) is 0 Å². The normalized spacial score (nSPS) is 17.3. The molecule has 176 valence electrons. The third-order valence-corrected chi connectivity index (χ3v) is 8.89. The summed E-state index contributed by atoms with van der Waals surface area (Å²) in [5.74, 6) is 0. The summed E-state index contributed by atoms with van der Waals surface area (Å²) in [6, 6.07) is 22.4. The van der Waals surface area contributed by atoms with Crippen LogP contribution < -0.4 is 0 Å². The molecule has 1 aromatic heterocycles. The van der Waals surface area contributed by atoms with Gasteiger partial charge >= 0.3 is 0 Å². The van der Waals surface area contributed by atoms with Gasteiger partial charge in [0.15, 0.2) is 0 Å². The molecule has 1 atom stereocenters. The zero-order valence-electron chi connectivity index (χ0n) is 20.2. The fraction of sp³-hybridized carbons (Fsp3) is 0.310. The van der Waals surface area contributed by atoms with Crippen LogP contribution in [-0.2, 0) is 16.6 Å². The van der Waals surface area contributed by atoms with E-state index in [1.54, 1.807) is 18.3 Å². The Morgan fingerprint density at radius 3 is 2.35 bits per heavy atom. The Morgan fingerprint density at radius 1 is 0.882 bits per heavy atom. The third kappa shape index (κ3) is 4.08. The van der Waals surface area contributed by atoms with Gasteiger partial charge in [0, 0.05) is 24.2 Å². The molecule has 1 aliphatic heterocycles. The smallest absolute Gasteiger partial charge is 0.268 e. The van der Waals surface area contributed by atoms with E-state index in [2.05, 4.69) is 48.2 Å². The minimum Gasteiger partial charge on any atom is -0.292 e. The van der Waals surface area contributed by atoms with Crippen LogP contribution in [0.2, 0.25) is 0 Å². The zero-order chi connectivity index (χ0) is 23.9. The predicted molar refractivity (Wildman–Crippen MR) is 139 cm³/mol. The largest absolute Gasteiger partial charge is 0.292 e. The Bertz CT molecular complexity index is 1420. The molecule has 0 spiro atoms. The first-order chi connectivity index (χ1) is 16.4. The molecule has 4 aromatic rings. The van der Waals surface area contributed by atoms with Gasteiger partial charge in [0.2, 0.25) is 0 Å². The molecule has 1 aliphatic rings. The van der Waals surface area contributed by atoms with E-state index < -0.39 is 10.0 Å². The molecule has 4 nitrogen and oxygen atoms in total. The quantitative estimate of drug-likeness (QED) is 0.332. The molecular weight excluding hydrogens is 440 g/mol. The van der Waals surface area contributed by atoms with Crippen molar-refractivity contribution in [1.29, 1.82) is 0 Å². The van der Waals surface area contributed by atoms with Crippen LogP contribution in [-0.4, -0.2) is 23.8 Å². The number of aromatic nitrogens is 1. The maximum atomic E-state index is 13.5. The Morgan fingerprint density at radius 2 is 1.62 bits per heavy atom. The zero-order valence-corrected chi connectivity index (χ0v) is 21.0. The maximum absolute atomic E-state index is 13.5. The molecule has 1 fully saturated rings. The number of piperidine rings is 1. The Balaban J connectivity index is 1.58. The molecule has 0 N–H and O–H groups in total. The van der Waals surface area contributed by atoms with Crippen LogP contribution in [0.5, 0.6) is 0 Å². The minimum absolute atomic E-state index is 0.317. The van der Waals surface area contributed by atoms with Crippen LogP contribution in [0, 0.1) is 20.8 Å². The van der Waals surface area contributed by atoms with E-state index in [9.17, 15) is 8.42 Å². The predicted octanol–water partition coefficient (Wildman–Crippen LogP) is 6.53. The molecule has 0 bridgehead atoms. The number of rotatable bonds is 5. The van der Waals surface area contributed by atoms with Crippen LogP contribution in [0.25, 0.3) is 10.9 Å². The standard InChI is InChI=1S/C29H32N2O2S/c1-21-12-14-25(15-13-21)34(32,33)31-18-16-26-27(22(2)19-23(3)29(26)31)20-30-17-8-7-11-28(30)24-9-5-4-6-10-24/h4-6,9-10,12-16,18-19,28H,7-8,11,17,20H2,1-3H3. The number of nitrogens with zero attached hydrogens (tertiary/aromatic N) is 2. The van der Waals surface area contributed by atoms with Gasteiger partial charge in [-0.1, -0.05) is 60.5 Å². The van der Waals surface area contributed by atoms with Crippen LogP contribution in [0.1, 0.15) is 53.1 Å². The van der Waals surface area contributed by atoms with Crippen molar-refractivity contribution in [2.45, 2.75) is 57.5 Å². The average molecular weight is 473 g/mol. The van der Waals surface area contributed by atoms with Gasteiger partial charge in [-0.25, -0.2) is 12.4 Å². The van der Waals surface area contributed by atoms with Crippen molar-refractivity contribution in [3.8, 4) is 0 Å². The molecule has 3 aromatic carbocycles. The average Bonchev–Trinajstić information content (AvgIpc) is 3.30. The lowest BCUT2D eigenvalue weighted by Gasteiger charge is -2.36. The highest BCUT2D eigenvalue weighted by Gasteiger charge is 2.27. The summed E-state index contributed by atoms with van der Waals surface area (Å²) < 4.78 is 28.6. The lowest BCUT2D eigenvalue weighted by Crippen LogP contribution is -2.33. The summed E-state index contributed by atoms with van der Waals surface area (Å²) in [4.78, 5) is 2.89. The Kier molecular flexibility index (Phi) is 6.09. The molecule has 0 amide bonds. The second-order valence-corrected chi connectivity index (χ2v) is 11.4. The fourth-order valence-electron chi connectivity index (χ4n) is 5.41. The van der Waals surface area contributed by atoms with E-state index in [1.165, 1.54) is 33.5 Å². The molecule has 5 heteroatoms. The molecule has 34 heavy (non-hydrogen) atoms. The van der Waals surface area contributed by atoms with Gasteiger partial charge in [0.1, 0.15) is 0 Å². The van der Waals surface area contributed by atoms with Crippen molar-refractivity contribution < 1.29 is 8.42 Å². The highest BCUT2D eigenvalue weighted by molar-refractivity contribution is 7.90. The summed E-state index contributed by atoms with van der Waals surface area (Å²) in [5, 5.41) is 1.03. The van der Waals surface area contributed by atoms with Crippen LogP contribution in [0.4, 0.5) is 0 Å². The van der Waals surface area contributed by atoms with Crippen LogP contribution in [0.15, 0.2) is 77.8 Å². The number of benzene rings is 3. The van der Waals surface area contributed by atoms with Crippen molar-refractivity contribution >= 4 is 20.9 Å². The first-order valence-corrected chi connectivity index (χ1v) is 13.5. The number of likely N-dealkylation sites (tertiary alicyclic amines) is 1. The summed E-state index contributed by atoms with van der Waals surface area (Å²) in [6.45, 7) is 7.99. The minimum atomic E-state index is -3.67. The number of aryl methyl sites for hydroxylation is 3. The van der Waals surface area contributed by atoms with Crippen molar-refractivity contribution in [1.82, 2.24) is 8.87 Å². The molecule has 0 radical (unpaired) electrons. The van der Waals surface area contributed by atoms with Gasteiger partial charge < -0.3 is 0 Å². The Labute approximate surface area is 202 Å². The summed E-state index contributed by atoms with van der Waals surface area (Å²) >= 11 is 0. The second kappa shape index (κ2) is 9.05. The van der Waals surface area contributed by atoms with E-state index >= 15 is 0 Å². The van der Waals surface area contributed by atoms with E-state index in [1.807, 2.05) is 32.0 Å². The molecule has 0 aliphatic carbocycles. The monoisotopic (exact) mass is 472 g/mol. The molecule has 1 unspecified atom stereocenters. The number of hydrogen-bond donors (Lipinski definition) is 0.